The van der Waals surface area contributed by atoms with Gasteiger partial charge in [-0.1, -0.05) is 11.6 Å². The minimum absolute atomic E-state index is 0.225. The first-order valence-electron chi connectivity index (χ1n) is 2.19. The average molecular weight is 146 g/mol. The molecule has 0 atom stereocenters. The summed E-state index contributed by atoms with van der Waals surface area (Å²) in [5.74, 6) is 0. The minimum atomic E-state index is -0.627. The van der Waals surface area contributed by atoms with E-state index in [2.05, 4.69) is 4.98 Å². The summed E-state index contributed by atoms with van der Waals surface area (Å²) in [7, 11) is 0. The number of carbonyl (C=O) groups excluding carboxylic acids is 1. The van der Waals surface area contributed by atoms with Gasteiger partial charge in [-0.05, 0) is 0 Å². The fraction of sp³-hybridized carbons (Fsp3) is 0. The van der Waals surface area contributed by atoms with E-state index < -0.39 is 6.03 Å². The highest BCUT2D eigenvalue weighted by Crippen LogP contribution is 2.03. The molecule has 0 saturated carbocycles. The second kappa shape index (κ2) is 2.06. The van der Waals surface area contributed by atoms with Gasteiger partial charge in [0.1, 0.15) is 11.5 Å². The molecular formula is C4H4ClN3O. The summed E-state index contributed by atoms with van der Waals surface area (Å²) in [5, 5.41) is 0.225. The molecule has 1 amide bonds. The molecule has 0 spiro atoms. The highest BCUT2D eigenvalue weighted by atomic mass is 35.5. The highest BCUT2D eigenvalue weighted by molar-refractivity contribution is 6.30. The molecule has 5 heteroatoms. The number of imidazole rings is 1. The quantitative estimate of drug-likeness (QED) is 0.577. The van der Waals surface area contributed by atoms with Crippen LogP contribution in [0.1, 0.15) is 0 Å². The van der Waals surface area contributed by atoms with Gasteiger partial charge in [0, 0.05) is 0 Å². The number of hydrogen-bond acceptors (Lipinski definition) is 2. The van der Waals surface area contributed by atoms with Crippen LogP contribution in [-0.2, 0) is 0 Å². The van der Waals surface area contributed by atoms with Gasteiger partial charge in [-0.15, -0.1) is 0 Å². The van der Waals surface area contributed by atoms with Gasteiger partial charge >= 0.3 is 6.03 Å². The number of nitrogens with zero attached hydrogens (tertiary/aromatic N) is 2. The van der Waals surface area contributed by atoms with Crippen molar-refractivity contribution in [2.24, 2.45) is 5.73 Å². The molecule has 0 aliphatic heterocycles. The number of primary amides is 1. The molecule has 0 aliphatic carbocycles. The van der Waals surface area contributed by atoms with Crippen molar-refractivity contribution in [3.63, 3.8) is 0 Å². The van der Waals surface area contributed by atoms with Gasteiger partial charge in [-0.3, -0.25) is 0 Å². The lowest BCUT2D eigenvalue weighted by atomic mass is 10.8. The van der Waals surface area contributed by atoms with E-state index in [0.717, 1.165) is 4.57 Å². The molecule has 9 heavy (non-hydrogen) atoms. The lowest BCUT2D eigenvalue weighted by Gasteiger charge is -1.91. The maximum absolute atomic E-state index is 10.3. The molecule has 1 aromatic rings. The predicted molar refractivity (Wildman–Crippen MR) is 32.2 cm³/mol. The zero-order chi connectivity index (χ0) is 6.85. The van der Waals surface area contributed by atoms with Crippen LogP contribution in [-0.4, -0.2) is 15.6 Å². The first kappa shape index (κ1) is 6.10. The van der Waals surface area contributed by atoms with Crippen LogP contribution in [0.4, 0.5) is 4.79 Å². The summed E-state index contributed by atoms with van der Waals surface area (Å²) in [6.07, 6.45) is 2.59. The van der Waals surface area contributed by atoms with E-state index in [1.807, 2.05) is 0 Å². The number of carbonyl (C=O) groups is 1. The van der Waals surface area contributed by atoms with E-state index >= 15 is 0 Å². The van der Waals surface area contributed by atoms with Crippen LogP contribution in [0.3, 0.4) is 0 Å². The second-order valence-corrected chi connectivity index (χ2v) is 1.81. The summed E-state index contributed by atoms with van der Waals surface area (Å²) in [6.45, 7) is 0. The molecule has 0 fully saturated rings. The van der Waals surface area contributed by atoms with Gasteiger partial charge in [0.05, 0.1) is 6.20 Å². The third kappa shape index (κ3) is 1.02. The minimum Gasteiger partial charge on any atom is -0.351 e. The Hall–Kier alpha value is -1.03. The van der Waals surface area contributed by atoms with Crippen molar-refractivity contribution in [2.75, 3.05) is 0 Å². The number of halogens is 1. The van der Waals surface area contributed by atoms with Crippen LogP contribution in [0.25, 0.3) is 0 Å². The van der Waals surface area contributed by atoms with Crippen LogP contribution in [0.5, 0.6) is 0 Å². The molecule has 0 aromatic carbocycles. The number of aromatic nitrogens is 2. The van der Waals surface area contributed by atoms with Crippen molar-refractivity contribution in [2.45, 2.75) is 0 Å². The van der Waals surface area contributed by atoms with E-state index in [4.69, 9.17) is 17.3 Å². The molecule has 48 valence electrons. The molecule has 0 aliphatic rings. The SMILES string of the molecule is NC(=O)n1cncc1Cl. The summed E-state index contributed by atoms with van der Waals surface area (Å²) >= 11 is 5.43. The smallest absolute Gasteiger partial charge is 0.325 e. The van der Waals surface area contributed by atoms with Crippen LogP contribution in [0.15, 0.2) is 12.5 Å². The van der Waals surface area contributed by atoms with Crippen molar-refractivity contribution in [1.29, 1.82) is 0 Å². The monoisotopic (exact) mass is 145 g/mol. The van der Waals surface area contributed by atoms with Crippen molar-refractivity contribution < 1.29 is 4.79 Å². The molecule has 2 N–H and O–H groups in total. The molecule has 0 radical (unpaired) electrons. The second-order valence-electron chi connectivity index (χ2n) is 1.42. The molecule has 0 bridgehead atoms. The number of amides is 1. The summed E-state index contributed by atoms with van der Waals surface area (Å²) in [6, 6.07) is -0.627. The molecule has 1 rings (SSSR count). The Kier molecular flexibility index (Phi) is 1.40. The Bertz CT molecular complexity index is 231. The van der Waals surface area contributed by atoms with Gasteiger partial charge in [-0.2, -0.15) is 0 Å². The lowest BCUT2D eigenvalue weighted by Crippen LogP contribution is -2.18. The fourth-order valence-electron chi connectivity index (χ4n) is 0.441. The summed E-state index contributed by atoms with van der Waals surface area (Å²) < 4.78 is 1.04. The van der Waals surface area contributed by atoms with Gasteiger partial charge in [0.15, 0.2) is 0 Å². The third-order valence-electron chi connectivity index (χ3n) is 0.831. The Morgan fingerprint density at radius 3 is 2.78 bits per heavy atom. The van der Waals surface area contributed by atoms with Crippen molar-refractivity contribution in [3.8, 4) is 0 Å². The summed E-state index contributed by atoms with van der Waals surface area (Å²) in [4.78, 5) is 13.9. The first-order valence-corrected chi connectivity index (χ1v) is 2.57. The van der Waals surface area contributed by atoms with Crippen LogP contribution in [0, 0.1) is 0 Å². The Morgan fingerprint density at radius 2 is 2.56 bits per heavy atom. The highest BCUT2D eigenvalue weighted by Gasteiger charge is 2.00. The van der Waals surface area contributed by atoms with E-state index in [-0.39, 0.29) is 5.15 Å². The van der Waals surface area contributed by atoms with Crippen LogP contribution >= 0.6 is 11.6 Å². The molecular weight excluding hydrogens is 142 g/mol. The molecule has 0 unspecified atom stereocenters. The van der Waals surface area contributed by atoms with E-state index in [1.165, 1.54) is 12.5 Å². The van der Waals surface area contributed by atoms with Crippen molar-refractivity contribution >= 4 is 17.6 Å². The van der Waals surface area contributed by atoms with E-state index in [0.29, 0.717) is 0 Å². The van der Waals surface area contributed by atoms with Gasteiger partial charge in [0.25, 0.3) is 0 Å². The number of nitrogens with two attached hydrogens (primary N) is 1. The van der Waals surface area contributed by atoms with E-state index in [9.17, 15) is 4.79 Å². The lowest BCUT2D eigenvalue weighted by molar-refractivity contribution is 0.250. The standard InChI is InChI=1S/C4H4ClN3O/c5-3-1-7-2-8(3)4(6)9/h1-2H,(H2,6,9). The Morgan fingerprint density at radius 1 is 1.89 bits per heavy atom. The zero-order valence-corrected chi connectivity index (χ0v) is 5.17. The fourth-order valence-corrected chi connectivity index (χ4v) is 0.624. The molecule has 1 aromatic heterocycles. The number of hydrogen-bond donors (Lipinski definition) is 1. The van der Waals surface area contributed by atoms with Gasteiger partial charge in [-0.25, -0.2) is 14.3 Å². The first-order chi connectivity index (χ1) is 4.22. The van der Waals surface area contributed by atoms with Crippen LogP contribution < -0.4 is 5.73 Å². The van der Waals surface area contributed by atoms with Crippen molar-refractivity contribution in [1.82, 2.24) is 9.55 Å². The van der Waals surface area contributed by atoms with Crippen LogP contribution in [0.2, 0.25) is 5.15 Å². The molecule has 4 nitrogen and oxygen atoms in total. The topological polar surface area (TPSA) is 60.9 Å². The maximum Gasteiger partial charge on any atom is 0.325 e. The normalized spacial score (nSPS) is 9.44. The third-order valence-corrected chi connectivity index (χ3v) is 1.11. The Balaban J connectivity index is 3.08. The maximum atomic E-state index is 10.3. The van der Waals surface area contributed by atoms with E-state index in [1.54, 1.807) is 0 Å². The molecule has 1 heterocycles. The van der Waals surface area contributed by atoms with Gasteiger partial charge < -0.3 is 5.73 Å². The molecule has 0 saturated heterocycles. The zero-order valence-electron chi connectivity index (χ0n) is 4.41. The number of rotatable bonds is 0. The summed E-state index contributed by atoms with van der Waals surface area (Å²) in [5.41, 5.74) is 4.86. The average Bonchev–Trinajstić information content (AvgIpc) is 2.13. The Labute approximate surface area is 56.2 Å². The van der Waals surface area contributed by atoms with Gasteiger partial charge in [0.2, 0.25) is 0 Å². The predicted octanol–water partition coefficient (Wildman–Crippen LogP) is 0.463. The van der Waals surface area contributed by atoms with Crippen molar-refractivity contribution in [3.05, 3.63) is 17.7 Å². The largest absolute Gasteiger partial charge is 0.351 e.